The van der Waals surface area contributed by atoms with Gasteiger partial charge in [0, 0.05) is 29.5 Å². The topological polar surface area (TPSA) is 75.4 Å². The summed E-state index contributed by atoms with van der Waals surface area (Å²) >= 11 is 1.59. The zero-order valence-corrected chi connectivity index (χ0v) is 14.8. The molecule has 0 aliphatic heterocycles. The Balaban J connectivity index is 1.64. The molecule has 1 aliphatic carbocycles. The zero-order chi connectivity index (χ0) is 16.9. The summed E-state index contributed by atoms with van der Waals surface area (Å²) in [6.07, 6.45) is 5.54. The molecular weight excluding hydrogens is 324 g/mol. The van der Waals surface area contributed by atoms with Gasteiger partial charge in [0.1, 0.15) is 5.76 Å². The Morgan fingerprint density at radius 3 is 3.00 bits per heavy atom. The number of nitrogens with one attached hydrogen (secondary N) is 1. The molecule has 2 atom stereocenters. The van der Waals surface area contributed by atoms with E-state index in [1.165, 1.54) is 6.42 Å². The molecule has 0 aromatic carbocycles. The molecule has 0 saturated heterocycles. The maximum absolute atomic E-state index is 12.4. The molecule has 24 heavy (non-hydrogen) atoms. The number of aliphatic hydroxyl groups is 1. The number of aromatic nitrogens is 1. The number of aliphatic hydroxyl groups excluding tert-OH is 1. The first-order valence-corrected chi connectivity index (χ1v) is 9.50. The molecule has 1 fully saturated rings. The number of amides is 1. The number of nitrogens with zero attached hydrogens (tertiary/aromatic N) is 1. The first-order chi connectivity index (χ1) is 11.7. The maximum atomic E-state index is 12.4. The quantitative estimate of drug-likeness (QED) is 0.813. The van der Waals surface area contributed by atoms with Crippen LogP contribution in [-0.4, -0.2) is 28.6 Å². The Hall–Kier alpha value is -1.66. The van der Waals surface area contributed by atoms with Crippen LogP contribution in [0, 0.1) is 12.8 Å². The predicted molar refractivity (Wildman–Crippen MR) is 93.8 cm³/mol. The van der Waals surface area contributed by atoms with Gasteiger partial charge in [0.15, 0.2) is 0 Å². The van der Waals surface area contributed by atoms with E-state index in [1.54, 1.807) is 11.3 Å². The first kappa shape index (κ1) is 17.2. The molecule has 0 bridgehead atoms. The number of carbonyl (C=O) groups excluding carboxylic acids is 1. The van der Waals surface area contributed by atoms with Crippen LogP contribution in [0.5, 0.6) is 0 Å². The minimum atomic E-state index is -0.0476. The standard InChI is InChI=1S/C18H24N2O3S/c1-12-16(20-18(23-12)14-7-8-24-11-14)9-17(22)19-15-6-4-2-3-5-13(15)10-21/h7-8,11,13,15,21H,2-6,9-10H2,1H3,(H,19,22)/t13-,15+/m1/s1. The molecule has 2 heterocycles. The molecule has 2 N–H and O–H groups in total. The van der Waals surface area contributed by atoms with Crippen molar-refractivity contribution in [2.75, 3.05) is 6.61 Å². The van der Waals surface area contributed by atoms with Crippen molar-refractivity contribution in [2.24, 2.45) is 5.92 Å². The summed E-state index contributed by atoms with van der Waals surface area (Å²) in [7, 11) is 0. The van der Waals surface area contributed by atoms with Crippen LogP contribution in [0.25, 0.3) is 11.5 Å². The number of carbonyl (C=O) groups is 1. The highest BCUT2D eigenvalue weighted by Crippen LogP contribution is 2.25. The van der Waals surface area contributed by atoms with E-state index in [4.69, 9.17) is 4.42 Å². The summed E-state index contributed by atoms with van der Waals surface area (Å²) in [5.41, 5.74) is 1.63. The van der Waals surface area contributed by atoms with Gasteiger partial charge in [-0.25, -0.2) is 4.98 Å². The van der Waals surface area contributed by atoms with E-state index in [1.807, 2.05) is 23.8 Å². The highest BCUT2D eigenvalue weighted by atomic mass is 32.1. The van der Waals surface area contributed by atoms with E-state index in [-0.39, 0.29) is 30.9 Å². The summed E-state index contributed by atoms with van der Waals surface area (Å²) < 4.78 is 5.69. The van der Waals surface area contributed by atoms with Crippen molar-refractivity contribution in [3.05, 3.63) is 28.3 Å². The third-order valence-corrected chi connectivity index (χ3v) is 5.41. The van der Waals surface area contributed by atoms with Gasteiger partial charge in [-0.1, -0.05) is 19.3 Å². The number of hydrogen-bond acceptors (Lipinski definition) is 5. The fourth-order valence-electron chi connectivity index (χ4n) is 3.30. The van der Waals surface area contributed by atoms with Crippen molar-refractivity contribution in [1.29, 1.82) is 0 Å². The van der Waals surface area contributed by atoms with Gasteiger partial charge < -0.3 is 14.8 Å². The lowest BCUT2D eigenvalue weighted by molar-refractivity contribution is -0.121. The second-order valence-electron chi connectivity index (χ2n) is 6.47. The highest BCUT2D eigenvalue weighted by Gasteiger charge is 2.25. The third kappa shape index (κ3) is 4.05. The normalized spacial score (nSPS) is 21.4. The summed E-state index contributed by atoms with van der Waals surface area (Å²) in [5.74, 6) is 1.37. The average molecular weight is 348 g/mol. The van der Waals surface area contributed by atoms with E-state index >= 15 is 0 Å². The predicted octanol–water partition coefficient (Wildman–Crippen LogP) is 3.31. The van der Waals surface area contributed by atoms with E-state index in [9.17, 15) is 9.90 Å². The molecule has 5 nitrogen and oxygen atoms in total. The van der Waals surface area contributed by atoms with Crippen molar-refractivity contribution in [2.45, 2.75) is 51.5 Å². The van der Waals surface area contributed by atoms with Gasteiger partial charge in [0.25, 0.3) is 0 Å². The fraction of sp³-hybridized carbons (Fsp3) is 0.556. The van der Waals surface area contributed by atoms with E-state index in [2.05, 4.69) is 10.3 Å². The van der Waals surface area contributed by atoms with Crippen LogP contribution >= 0.6 is 11.3 Å². The second kappa shape index (κ2) is 7.94. The molecule has 0 radical (unpaired) electrons. The van der Waals surface area contributed by atoms with Gasteiger partial charge in [-0.2, -0.15) is 11.3 Å². The van der Waals surface area contributed by atoms with E-state index in [0.717, 1.165) is 31.2 Å². The Bertz CT molecular complexity index is 666. The largest absolute Gasteiger partial charge is 0.441 e. The number of thiophene rings is 1. The van der Waals surface area contributed by atoms with E-state index in [0.29, 0.717) is 17.3 Å². The van der Waals surface area contributed by atoms with Crippen molar-refractivity contribution in [1.82, 2.24) is 10.3 Å². The Morgan fingerprint density at radius 2 is 2.25 bits per heavy atom. The van der Waals surface area contributed by atoms with Gasteiger partial charge >= 0.3 is 0 Å². The summed E-state index contributed by atoms with van der Waals surface area (Å²) in [5, 5.41) is 16.6. The Kier molecular flexibility index (Phi) is 5.68. The van der Waals surface area contributed by atoms with Crippen LogP contribution in [0.2, 0.25) is 0 Å². The van der Waals surface area contributed by atoms with Crippen LogP contribution in [-0.2, 0) is 11.2 Å². The lowest BCUT2D eigenvalue weighted by atomic mass is 9.95. The highest BCUT2D eigenvalue weighted by molar-refractivity contribution is 7.08. The lowest BCUT2D eigenvalue weighted by Gasteiger charge is -2.24. The van der Waals surface area contributed by atoms with Crippen molar-refractivity contribution in [3.8, 4) is 11.5 Å². The van der Waals surface area contributed by atoms with Crippen molar-refractivity contribution < 1.29 is 14.3 Å². The van der Waals surface area contributed by atoms with Gasteiger partial charge in [0.2, 0.25) is 11.8 Å². The molecule has 130 valence electrons. The molecule has 1 aliphatic rings. The van der Waals surface area contributed by atoms with Crippen LogP contribution in [0.4, 0.5) is 0 Å². The van der Waals surface area contributed by atoms with Gasteiger partial charge in [0.05, 0.1) is 12.1 Å². The molecule has 2 aromatic rings. The SMILES string of the molecule is Cc1oc(-c2ccsc2)nc1CC(=O)N[C@H]1CCCCC[C@@H]1CO. The van der Waals surface area contributed by atoms with Crippen LogP contribution < -0.4 is 5.32 Å². The van der Waals surface area contributed by atoms with Crippen molar-refractivity contribution in [3.63, 3.8) is 0 Å². The average Bonchev–Trinajstić information content (AvgIpc) is 3.15. The molecule has 3 rings (SSSR count). The van der Waals surface area contributed by atoms with Crippen LogP contribution in [0.1, 0.15) is 43.6 Å². The smallest absolute Gasteiger partial charge is 0.227 e. The minimum Gasteiger partial charge on any atom is -0.441 e. The monoisotopic (exact) mass is 348 g/mol. The molecule has 0 spiro atoms. The third-order valence-electron chi connectivity index (χ3n) is 4.73. The summed E-state index contributed by atoms with van der Waals surface area (Å²) in [6, 6.07) is 2.02. The van der Waals surface area contributed by atoms with Gasteiger partial charge in [-0.3, -0.25) is 4.79 Å². The fourth-order valence-corrected chi connectivity index (χ4v) is 3.93. The molecule has 6 heteroatoms. The number of hydrogen-bond donors (Lipinski definition) is 2. The van der Waals surface area contributed by atoms with Crippen LogP contribution in [0.3, 0.4) is 0 Å². The van der Waals surface area contributed by atoms with Gasteiger partial charge in [-0.05, 0) is 31.2 Å². The number of oxazole rings is 1. The molecule has 0 unspecified atom stereocenters. The van der Waals surface area contributed by atoms with Gasteiger partial charge in [-0.15, -0.1) is 0 Å². The minimum absolute atomic E-state index is 0.0476. The first-order valence-electron chi connectivity index (χ1n) is 8.56. The molecule has 2 aromatic heterocycles. The summed E-state index contributed by atoms with van der Waals surface area (Å²) in [6.45, 7) is 1.98. The maximum Gasteiger partial charge on any atom is 0.227 e. The molecule has 1 amide bonds. The Morgan fingerprint density at radius 1 is 1.42 bits per heavy atom. The second-order valence-corrected chi connectivity index (χ2v) is 7.25. The van der Waals surface area contributed by atoms with E-state index < -0.39 is 0 Å². The molecule has 1 saturated carbocycles. The van der Waals surface area contributed by atoms with Crippen LogP contribution in [0.15, 0.2) is 21.2 Å². The zero-order valence-electron chi connectivity index (χ0n) is 14.0. The number of aryl methyl sites for hydroxylation is 1. The molecular formula is C18H24N2O3S. The summed E-state index contributed by atoms with van der Waals surface area (Å²) in [4.78, 5) is 16.9. The van der Waals surface area contributed by atoms with Crippen molar-refractivity contribution >= 4 is 17.2 Å². The Labute approximate surface area is 146 Å². The lowest BCUT2D eigenvalue weighted by Crippen LogP contribution is -2.41. The number of rotatable bonds is 5.